The molecule has 0 aliphatic carbocycles. The first-order chi connectivity index (χ1) is 18.6. The van der Waals surface area contributed by atoms with Gasteiger partial charge in [-0.3, -0.25) is 9.59 Å². The van der Waals surface area contributed by atoms with Crippen molar-refractivity contribution in [3.05, 3.63) is 81.3 Å². The lowest BCUT2D eigenvalue weighted by Crippen LogP contribution is -2.40. The molecule has 1 N–H and O–H groups in total. The number of hydrogen-bond donors (Lipinski definition) is 1. The highest BCUT2D eigenvalue weighted by Gasteiger charge is 2.39. The number of carbonyl (C=O) groups excluding carboxylic acids is 1. The third-order valence-corrected chi connectivity index (χ3v) is 6.72. The molecule has 1 aliphatic rings. The van der Waals surface area contributed by atoms with Crippen LogP contribution in [0, 0.1) is 0 Å². The number of hydrogen-bond acceptors (Lipinski definition) is 6. The van der Waals surface area contributed by atoms with Crippen LogP contribution in [0.25, 0.3) is 0 Å². The van der Waals surface area contributed by atoms with Gasteiger partial charge in [0.2, 0.25) is 0 Å². The standard InChI is InChI=1S/C27H23Cl2F2NO7/c1-36-16-8-6-14(21(11-16)37-2)13-32-19-9-7-15(28)10-18(19)25(38-22(26(32)35)12-23(33)34)17-4-3-5-20(24(17)29)39-27(30)31/h3-11,22,25,27H,12-13H2,1-2H3,(H,33,34)/t22-,25-/m1/s1. The molecule has 0 unspecified atom stereocenters. The Morgan fingerprint density at radius 2 is 1.82 bits per heavy atom. The lowest BCUT2D eigenvalue weighted by atomic mass is 9.98. The van der Waals surface area contributed by atoms with E-state index in [9.17, 15) is 23.5 Å². The van der Waals surface area contributed by atoms with Crippen LogP contribution >= 0.6 is 23.2 Å². The van der Waals surface area contributed by atoms with E-state index in [0.717, 1.165) is 0 Å². The van der Waals surface area contributed by atoms with Crippen molar-refractivity contribution in [3.8, 4) is 17.2 Å². The Hall–Kier alpha value is -3.60. The molecule has 0 aromatic heterocycles. The Balaban J connectivity index is 1.89. The summed E-state index contributed by atoms with van der Waals surface area (Å²) in [6, 6.07) is 14.0. The van der Waals surface area contributed by atoms with E-state index in [-0.39, 0.29) is 22.9 Å². The number of alkyl halides is 2. The number of ether oxygens (including phenoxy) is 4. The highest BCUT2D eigenvalue weighted by Crippen LogP contribution is 2.45. The molecule has 1 amide bonds. The number of anilines is 1. The van der Waals surface area contributed by atoms with Crippen LogP contribution in [0.4, 0.5) is 14.5 Å². The van der Waals surface area contributed by atoms with Crippen molar-refractivity contribution in [1.82, 2.24) is 0 Å². The molecule has 1 aliphatic heterocycles. The van der Waals surface area contributed by atoms with Gasteiger partial charge in [0.1, 0.15) is 29.5 Å². The molecule has 3 aromatic rings. The summed E-state index contributed by atoms with van der Waals surface area (Å²) in [5.41, 5.74) is 1.51. The lowest BCUT2D eigenvalue weighted by molar-refractivity contribution is -0.147. The fourth-order valence-electron chi connectivity index (χ4n) is 4.34. The van der Waals surface area contributed by atoms with Crippen molar-refractivity contribution >= 4 is 40.8 Å². The maximum atomic E-state index is 13.8. The van der Waals surface area contributed by atoms with Crippen molar-refractivity contribution < 1.29 is 42.4 Å². The van der Waals surface area contributed by atoms with Crippen molar-refractivity contribution in [3.63, 3.8) is 0 Å². The van der Waals surface area contributed by atoms with Crippen LogP contribution < -0.4 is 19.1 Å². The summed E-state index contributed by atoms with van der Waals surface area (Å²) in [5, 5.41) is 9.69. The molecule has 3 aromatic carbocycles. The zero-order chi connectivity index (χ0) is 28.3. The van der Waals surface area contributed by atoms with Gasteiger partial charge in [-0.2, -0.15) is 8.78 Å². The average molecular weight is 582 g/mol. The maximum absolute atomic E-state index is 13.8. The van der Waals surface area contributed by atoms with Gasteiger partial charge in [0, 0.05) is 27.8 Å². The Morgan fingerprint density at radius 1 is 1.05 bits per heavy atom. The summed E-state index contributed by atoms with van der Waals surface area (Å²) in [5.74, 6) is -1.25. The largest absolute Gasteiger partial charge is 0.497 e. The van der Waals surface area contributed by atoms with Crippen LogP contribution in [0.15, 0.2) is 54.6 Å². The molecule has 0 saturated carbocycles. The summed E-state index contributed by atoms with van der Waals surface area (Å²) in [7, 11) is 2.98. The summed E-state index contributed by atoms with van der Waals surface area (Å²) in [6.07, 6.45) is -3.28. The van der Waals surface area contributed by atoms with Gasteiger partial charge in [0.15, 0.2) is 0 Å². The molecule has 8 nitrogen and oxygen atoms in total. The second-order valence-electron chi connectivity index (χ2n) is 8.45. The molecule has 0 bridgehead atoms. The zero-order valence-corrected chi connectivity index (χ0v) is 22.2. The van der Waals surface area contributed by atoms with Gasteiger partial charge in [-0.15, -0.1) is 0 Å². The van der Waals surface area contributed by atoms with E-state index in [4.69, 9.17) is 37.4 Å². The Kier molecular flexibility index (Phi) is 8.79. The number of methoxy groups -OCH3 is 2. The van der Waals surface area contributed by atoms with E-state index in [1.165, 1.54) is 37.3 Å². The van der Waals surface area contributed by atoms with Crippen LogP contribution in [0.5, 0.6) is 17.2 Å². The minimum absolute atomic E-state index is 0.0188. The van der Waals surface area contributed by atoms with E-state index in [0.29, 0.717) is 33.3 Å². The molecule has 2 atom stereocenters. The van der Waals surface area contributed by atoms with Crippen LogP contribution in [-0.2, 0) is 20.9 Å². The molecule has 12 heteroatoms. The average Bonchev–Trinajstić information content (AvgIpc) is 3.00. The van der Waals surface area contributed by atoms with Crippen LogP contribution in [0.3, 0.4) is 0 Å². The van der Waals surface area contributed by atoms with Gasteiger partial charge >= 0.3 is 12.6 Å². The fraction of sp³-hybridized carbons (Fsp3) is 0.259. The third-order valence-electron chi connectivity index (χ3n) is 6.08. The number of fused-ring (bicyclic) bond motifs is 1. The number of carboxylic acids is 1. The molecular weight excluding hydrogens is 559 g/mol. The topological polar surface area (TPSA) is 94.5 Å². The van der Waals surface area contributed by atoms with Crippen LogP contribution in [0.2, 0.25) is 10.0 Å². The first-order valence-corrected chi connectivity index (χ1v) is 12.3. The highest BCUT2D eigenvalue weighted by molar-refractivity contribution is 6.33. The van der Waals surface area contributed by atoms with Gasteiger partial charge in [0.25, 0.3) is 5.91 Å². The normalized spacial score (nSPS) is 17.0. The van der Waals surface area contributed by atoms with Gasteiger partial charge in [-0.25, -0.2) is 0 Å². The maximum Gasteiger partial charge on any atom is 0.387 e. The lowest BCUT2D eigenvalue weighted by Gasteiger charge is -2.26. The van der Waals surface area contributed by atoms with E-state index < -0.39 is 37.1 Å². The number of rotatable bonds is 9. The third kappa shape index (κ3) is 6.19. The summed E-state index contributed by atoms with van der Waals surface area (Å²) >= 11 is 12.8. The highest BCUT2D eigenvalue weighted by atomic mass is 35.5. The van der Waals surface area contributed by atoms with Crippen molar-refractivity contribution in [2.75, 3.05) is 19.1 Å². The smallest absolute Gasteiger partial charge is 0.387 e. The molecule has 1 heterocycles. The molecule has 0 radical (unpaired) electrons. The summed E-state index contributed by atoms with van der Waals surface area (Å²) < 4.78 is 47.4. The van der Waals surface area contributed by atoms with E-state index in [1.54, 1.807) is 36.4 Å². The number of carboxylic acid groups (broad SMARTS) is 1. The second-order valence-corrected chi connectivity index (χ2v) is 9.26. The number of carbonyl (C=O) groups is 2. The quantitative estimate of drug-likeness (QED) is 0.326. The van der Waals surface area contributed by atoms with Gasteiger partial charge in [-0.05, 0) is 36.4 Å². The number of aliphatic carboxylic acids is 1. The monoisotopic (exact) mass is 581 g/mol. The Morgan fingerprint density at radius 3 is 2.49 bits per heavy atom. The first kappa shape index (κ1) is 28.4. The second kappa shape index (κ2) is 12.1. The van der Waals surface area contributed by atoms with Crippen molar-refractivity contribution in [1.29, 1.82) is 0 Å². The molecular formula is C27H23Cl2F2NO7. The number of halogens is 4. The van der Waals surface area contributed by atoms with Gasteiger partial charge in [0.05, 0.1) is 37.9 Å². The Labute approximate surface area is 232 Å². The van der Waals surface area contributed by atoms with Gasteiger partial charge in [-0.1, -0.05) is 35.3 Å². The summed E-state index contributed by atoms with van der Waals surface area (Å²) in [6.45, 7) is -3.15. The van der Waals surface area contributed by atoms with Crippen LogP contribution in [0.1, 0.15) is 29.2 Å². The summed E-state index contributed by atoms with van der Waals surface area (Å²) in [4.78, 5) is 26.9. The molecule has 0 saturated heterocycles. The zero-order valence-electron chi connectivity index (χ0n) is 20.7. The van der Waals surface area contributed by atoms with Crippen LogP contribution in [-0.4, -0.2) is 43.9 Å². The number of benzene rings is 3. The first-order valence-electron chi connectivity index (χ1n) is 11.5. The molecule has 206 valence electrons. The molecule has 0 spiro atoms. The van der Waals surface area contributed by atoms with E-state index >= 15 is 0 Å². The molecule has 4 rings (SSSR count). The predicted molar refractivity (Wildman–Crippen MR) is 139 cm³/mol. The minimum atomic E-state index is -3.13. The van der Waals surface area contributed by atoms with E-state index in [1.807, 2.05) is 0 Å². The fourth-order valence-corrected chi connectivity index (χ4v) is 4.79. The van der Waals surface area contributed by atoms with E-state index in [2.05, 4.69) is 4.74 Å². The van der Waals surface area contributed by atoms with Crippen molar-refractivity contribution in [2.45, 2.75) is 31.8 Å². The Bertz CT molecular complexity index is 1390. The minimum Gasteiger partial charge on any atom is -0.497 e. The number of amides is 1. The number of nitrogens with zero attached hydrogens (tertiary/aromatic N) is 1. The predicted octanol–water partition coefficient (Wildman–Crippen LogP) is 6.11. The molecule has 39 heavy (non-hydrogen) atoms. The van der Waals surface area contributed by atoms with Crippen molar-refractivity contribution in [2.24, 2.45) is 0 Å². The molecule has 0 fully saturated rings. The SMILES string of the molecule is COc1ccc(CN2C(=O)[C@@H](CC(=O)O)O[C@H](c3cccc(OC(F)F)c3Cl)c3cc(Cl)ccc32)c(OC)c1. The van der Waals surface area contributed by atoms with Gasteiger partial charge < -0.3 is 29.0 Å².